The molecule has 0 saturated carbocycles. The predicted octanol–water partition coefficient (Wildman–Crippen LogP) is 0.884. The van der Waals surface area contributed by atoms with Crippen molar-refractivity contribution in [2.75, 3.05) is 31.6 Å². The molecule has 0 aliphatic carbocycles. The molecule has 5 heteroatoms. The van der Waals surface area contributed by atoms with E-state index in [1.54, 1.807) is 0 Å². The smallest absolute Gasteiger partial charge is 0.148 e. The molecule has 0 aromatic rings. The predicted molar refractivity (Wildman–Crippen MR) is 72.1 cm³/mol. The van der Waals surface area contributed by atoms with Crippen LogP contribution in [-0.4, -0.2) is 57.0 Å². The number of likely N-dealkylation sites (tertiary alicyclic amines) is 1. The van der Waals surface area contributed by atoms with Gasteiger partial charge in [0, 0.05) is 24.9 Å². The Morgan fingerprint density at radius 1 is 1.12 bits per heavy atom. The van der Waals surface area contributed by atoms with Crippen molar-refractivity contribution >= 4 is 9.84 Å². The first-order valence-electron chi connectivity index (χ1n) is 6.53. The molecule has 2 unspecified atom stereocenters. The first kappa shape index (κ1) is 14.9. The normalized spacial score (nSPS) is 22.3. The Labute approximate surface area is 106 Å². The molecule has 1 heterocycles. The second-order valence-corrected chi connectivity index (χ2v) is 7.61. The molecular formula is C12H26N2O2S. The highest BCUT2D eigenvalue weighted by atomic mass is 32.2. The van der Waals surface area contributed by atoms with Gasteiger partial charge in [0.2, 0.25) is 0 Å². The molecule has 0 aromatic heterocycles. The zero-order valence-electron chi connectivity index (χ0n) is 11.3. The molecule has 1 fully saturated rings. The standard InChI is InChI=1S/C12H26N2O2S/c1-11(9-14-7-5-4-6-8-14)13-12(2)10-17(3,15)16/h11-13H,4-10H2,1-3H3. The molecule has 1 N–H and O–H groups in total. The van der Waals surface area contributed by atoms with Gasteiger partial charge in [0.25, 0.3) is 0 Å². The van der Waals surface area contributed by atoms with Gasteiger partial charge in [0.05, 0.1) is 5.75 Å². The van der Waals surface area contributed by atoms with Crippen LogP contribution in [0.4, 0.5) is 0 Å². The number of rotatable bonds is 6. The van der Waals surface area contributed by atoms with Gasteiger partial charge in [-0.2, -0.15) is 0 Å². The lowest BCUT2D eigenvalue weighted by Gasteiger charge is -2.30. The first-order valence-corrected chi connectivity index (χ1v) is 8.59. The van der Waals surface area contributed by atoms with Crippen LogP contribution in [0, 0.1) is 0 Å². The van der Waals surface area contributed by atoms with Crippen LogP contribution < -0.4 is 5.32 Å². The third-order valence-corrected chi connectivity index (χ3v) is 4.21. The van der Waals surface area contributed by atoms with Gasteiger partial charge in [-0.3, -0.25) is 0 Å². The van der Waals surface area contributed by atoms with Crippen molar-refractivity contribution in [2.45, 2.75) is 45.2 Å². The van der Waals surface area contributed by atoms with Crippen LogP contribution in [0.15, 0.2) is 0 Å². The summed E-state index contributed by atoms with van der Waals surface area (Å²) >= 11 is 0. The van der Waals surface area contributed by atoms with Crippen molar-refractivity contribution in [3.63, 3.8) is 0 Å². The quantitative estimate of drug-likeness (QED) is 0.772. The molecule has 4 nitrogen and oxygen atoms in total. The van der Waals surface area contributed by atoms with E-state index < -0.39 is 9.84 Å². The Morgan fingerprint density at radius 3 is 2.24 bits per heavy atom. The number of nitrogens with zero attached hydrogens (tertiary/aromatic N) is 1. The summed E-state index contributed by atoms with van der Waals surface area (Å²) in [6.45, 7) is 7.47. The summed E-state index contributed by atoms with van der Waals surface area (Å²) in [5.74, 6) is 0.220. The summed E-state index contributed by atoms with van der Waals surface area (Å²) in [5, 5.41) is 3.36. The largest absolute Gasteiger partial charge is 0.309 e. The van der Waals surface area contributed by atoms with Crippen molar-refractivity contribution < 1.29 is 8.42 Å². The molecule has 0 spiro atoms. The molecule has 2 atom stereocenters. The Morgan fingerprint density at radius 2 is 1.71 bits per heavy atom. The summed E-state index contributed by atoms with van der Waals surface area (Å²) in [6.07, 6.45) is 5.24. The second kappa shape index (κ2) is 6.71. The van der Waals surface area contributed by atoms with E-state index in [4.69, 9.17) is 0 Å². The zero-order chi connectivity index (χ0) is 12.9. The fourth-order valence-corrected chi connectivity index (χ4v) is 3.57. The van der Waals surface area contributed by atoms with Gasteiger partial charge in [0.15, 0.2) is 0 Å². The molecule has 1 aliphatic heterocycles. The lowest BCUT2D eigenvalue weighted by Crippen LogP contribution is -2.46. The second-order valence-electron chi connectivity index (χ2n) is 5.42. The van der Waals surface area contributed by atoms with Crippen LogP contribution in [0.3, 0.4) is 0 Å². The van der Waals surface area contributed by atoms with Crippen LogP contribution in [0.2, 0.25) is 0 Å². The summed E-state index contributed by atoms with van der Waals surface area (Å²) < 4.78 is 22.3. The lowest BCUT2D eigenvalue weighted by atomic mass is 10.1. The van der Waals surface area contributed by atoms with Crippen molar-refractivity contribution in [3.8, 4) is 0 Å². The van der Waals surface area contributed by atoms with Crippen LogP contribution in [0.1, 0.15) is 33.1 Å². The monoisotopic (exact) mass is 262 g/mol. The van der Waals surface area contributed by atoms with E-state index >= 15 is 0 Å². The van der Waals surface area contributed by atoms with E-state index in [1.165, 1.54) is 38.6 Å². The van der Waals surface area contributed by atoms with E-state index in [0.717, 1.165) is 6.54 Å². The van der Waals surface area contributed by atoms with Gasteiger partial charge in [-0.05, 0) is 39.8 Å². The maximum atomic E-state index is 11.2. The van der Waals surface area contributed by atoms with E-state index in [2.05, 4.69) is 17.1 Å². The molecular weight excluding hydrogens is 236 g/mol. The van der Waals surface area contributed by atoms with Gasteiger partial charge in [-0.25, -0.2) is 8.42 Å². The zero-order valence-corrected chi connectivity index (χ0v) is 12.1. The molecule has 1 rings (SSSR count). The van der Waals surface area contributed by atoms with Gasteiger partial charge >= 0.3 is 0 Å². The Kier molecular flexibility index (Phi) is 5.89. The molecule has 0 aromatic carbocycles. The van der Waals surface area contributed by atoms with Crippen molar-refractivity contribution in [1.29, 1.82) is 0 Å². The van der Waals surface area contributed by atoms with Crippen molar-refractivity contribution in [3.05, 3.63) is 0 Å². The molecule has 102 valence electrons. The summed E-state index contributed by atoms with van der Waals surface area (Å²) in [5.41, 5.74) is 0. The lowest BCUT2D eigenvalue weighted by molar-refractivity contribution is 0.206. The maximum absolute atomic E-state index is 11.2. The van der Waals surface area contributed by atoms with Gasteiger partial charge in [-0.1, -0.05) is 6.42 Å². The van der Waals surface area contributed by atoms with Gasteiger partial charge < -0.3 is 10.2 Å². The summed E-state index contributed by atoms with van der Waals surface area (Å²) in [6, 6.07) is 0.384. The Bertz CT molecular complexity index is 310. The van der Waals surface area contributed by atoms with E-state index in [1.807, 2.05) is 6.92 Å². The topological polar surface area (TPSA) is 49.4 Å². The average molecular weight is 262 g/mol. The minimum atomic E-state index is -2.88. The van der Waals surface area contributed by atoms with E-state index in [0.29, 0.717) is 6.04 Å². The highest BCUT2D eigenvalue weighted by molar-refractivity contribution is 7.90. The fourth-order valence-electron chi connectivity index (χ4n) is 2.57. The maximum Gasteiger partial charge on any atom is 0.148 e. The molecule has 0 radical (unpaired) electrons. The van der Waals surface area contributed by atoms with Crippen LogP contribution in [0.5, 0.6) is 0 Å². The number of nitrogens with one attached hydrogen (secondary N) is 1. The van der Waals surface area contributed by atoms with Crippen LogP contribution in [0.25, 0.3) is 0 Å². The first-order chi connectivity index (χ1) is 7.87. The highest BCUT2D eigenvalue weighted by Crippen LogP contribution is 2.09. The fraction of sp³-hybridized carbons (Fsp3) is 1.00. The molecule has 1 aliphatic rings. The molecule has 17 heavy (non-hydrogen) atoms. The number of piperidine rings is 1. The molecule has 1 saturated heterocycles. The van der Waals surface area contributed by atoms with Crippen LogP contribution in [-0.2, 0) is 9.84 Å². The van der Waals surface area contributed by atoms with Gasteiger partial charge in [-0.15, -0.1) is 0 Å². The SMILES string of the molecule is CC(CN1CCCCC1)NC(C)CS(C)(=O)=O. The third kappa shape index (κ3) is 7.01. The average Bonchev–Trinajstić information content (AvgIpc) is 2.15. The van der Waals surface area contributed by atoms with Crippen LogP contribution >= 0.6 is 0 Å². The number of sulfone groups is 1. The van der Waals surface area contributed by atoms with Gasteiger partial charge in [0.1, 0.15) is 9.84 Å². The van der Waals surface area contributed by atoms with E-state index in [9.17, 15) is 8.42 Å². The number of hydrogen-bond donors (Lipinski definition) is 1. The van der Waals surface area contributed by atoms with Crippen molar-refractivity contribution in [1.82, 2.24) is 10.2 Å². The minimum absolute atomic E-state index is 0.0322. The third-order valence-electron chi connectivity index (χ3n) is 3.10. The Hall–Kier alpha value is -0.130. The molecule has 0 amide bonds. The summed E-state index contributed by atoms with van der Waals surface area (Å²) in [7, 11) is -2.88. The van der Waals surface area contributed by atoms with E-state index in [-0.39, 0.29) is 11.8 Å². The minimum Gasteiger partial charge on any atom is -0.309 e. The Balaban J connectivity index is 2.25. The molecule has 0 bridgehead atoms. The highest BCUT2D eigenvalue weighted by Gasteiger charge is 2.16. The summed E-state index contributed by atoms with van der Waals surface area (Å²) in [4.78, 5) is 2.47. The van der Waals surface area contributed by atoms with Crippen molar-refractivity contribution in [2.24, 2.45) is 0 Å². The number of hydrogen-bond acceptors (Lipinski definition) is 4.